The Balaban J connectivity index is 2.59. The van der Waals surface area contributed by atoms with E-state index in [1.54, 1.807) is 0 Å². The van der Waals surface area contributed by atoms with Crippen LogP contribution in [0.5, 0.6) is 0 Å². The van der Waals surface area contributed by atoms with Crippen molar-refractivity contribution in [1.82, 2.24) is 4.90 Å². The molecule has 0 aromatic heterocycles. The van der Waals surface area contributed by atoms with Crippen LogP contribution in [0.4, 0.5) is 4.79 Å². The van der Waals surface area contributed by atoms with Crippen molar-refractivity contribution in [2.45, 2.75) is 216 Å². The lowest BCUT2D eigenvalue weighted by molar-refractivity contribution is -0.153. The molecule has 0 aliphatic carbocycles. The molecule has 388 valence electrons. The Morgan fingerprint density at radius 2 is 1.13 bits per heavy atom. The minimum atomic E-state index is -0.753. The Labute approximate surface area is 410 Å². The molecule has 0 spiro atoms. The summed E-state index contributed by atoms with van der Waals surface area (Å²) in [7, 11) is 0. The van der Waals surface area contributed by atoms with E-state index in [1.165, 1.54) is 36.8 Å². The number of likely N-dealkylation sites (tertiary alicyclic amines) is 1. The summed E-state index contributed by atoms with van der Waals surface area (Å²) in [5.41, 5.74) is 2.71. The zero-order valence-electron chi connectivity index (χ0n) is 44.3. The van der Waals surface area contributed by atoms with E-state index in [0.717, 1.165) is 122 Å². The van der Waals surface area contributed by atoms with Crippen LogP contribution in [0, 0.1) is 23.7 Å². The molecule has 0 aromatic carbocycles. The van der Waals surface area contributed by atoms with E-state index >= 15 is 0 Å². The van der Waals surface area contributed by atoms with Crippen molar-refractivity contribution in [3.63, 3.8) is 0 Å². The SMILES string of the molecule is CCCCC/C=C\C/C=C\CCCCCCCC(=O)OCC(COC(=O)CCCCC(OCCC(C)CCC=C(C)C)OCCC(C)CCC=C(C)C)COC(=O)OCC1CCCN(CC)C1. The van der Waals surface area contributed by atoms with Crippen molar-refractivity contribution in [2.75, 3.05) is 59.3 Å². The van der Waals surface area contributed by atoms with E-state index in [9.17, 15) is 14.4 Å². The topological polar surface area (TPSA) is 110 Å². The fourth-order valence-corrected chi connectivity index (χ4v) is 7.98. The van der Waals surface area contributed by atoms with Gasteiger partial charge < -0.3 is 33.3 Å². The first kappa shape index (κ1) is 62.1. The van der Waals surface area contributed by atoms with Crippen LogP contribution in [-0.4, -0.2) is 88.6 Å². The number of unbranched alkanes of at least 4 members (excludes halogenated alkanes) is 9. The molecule has 0 bridgehead atoms. The number of hydrogen-bond donors (Lipinski definition) is 0. The molecule has 0 amide bonds. The standard InChI is InChI=1S/C57H101NO9/c1-9-11-12-13-14-15-16-17-18-19-20-21-22-23-24-35-54(59)64-45-53(47-67-57(61)66-44-52-34-29-40-58(10-2)43-52)46-65-55(60)36-25-26-37-56(62-41-38-50(7)32-27-30-48(3)4)63-42-39-51(8)33-28-31-49(5)6/h14-15,17-18,30-31,50-53,56H,9-13,16,19-29,32-47H2,1-8H3/b15-14-,18-17-. The van der Waals surface area contributed by atoms with Crippen molar-refractivity contribution in [3.05, 3.63) is 47.6 Å². The minimum absolute atomic E-state index is 0.00871. The number of ether oxygens (including phenoxy) is 6. The molecular weight excluding hydrogens is 843 g/mol. The normalized spacial score (nSPS) is 16.1. The monoisotopic (exact) mass is 944 g/mol. The van der Waals surface area contributed by atoms with Crippen LogP contribution in [0.25, 0.3) is 0 Å². The predicted octanol–water partition coefficient (Wildman–Crippen LogP) is 14.9. The molecule has 10 nitrogen and oxygen atoms in total. The molecule has 1 saturated heterocycles. The molecule has 1 aliphatic rings. The second kappa shape index (κ2) is 43.1. The molecule has 67 heavy (non-hydrogen) atoms. The Hall–Kier alpha value is -2.95. The van der Waals surface area contributed by atoms with Gasteiger partial charge in [-0.1, -0.05) is 107 Å². The van der Waals surface area contributed by atoms with Gasteiger partial charge in [0.1, 0.15) is 19.8 Å². The lowest BCUT2D eigenvalue weighted by Crippen LogP contribution is -2.37. The largest absolute Gasteiger partial charge is 0.508 e. The summed E-state index contributed by atoms with van der Waals surface area (Å²) in [5.74, 6) is 0.269. The number of nitrogens with zero attached hydrogens (tertiary/aromatic N) is 1. The molecule has 1 heterocycles. The number of carbonyl (C=O) groups is 3. The number of esters is 2. The number of rotatable bonds is 42. The third-order valence-electron chi connectivity index (χ3n) is 12.5. The Bertz CT molecular complexity index is 1320. The second-order valence-electron chi connectivity index (χ2n) is 19.9. The molecule has 0 saturated carbocycles. The maximum atomic E-state index is 13.0. The van der Waals surface area contributed by atoms with Crippen molar-refractivity contribution in [1.29, 1.82) is 0 Å². The number of carbonyl (C=O) groups excluding carboxylic acids is 3. The third-order valence-corrected chi connectivity index (χ3v) is 12.5. The highest BCUT2D eigenvalue weighted by molar-refractivity contribution is 5.69. The summed E-state index contributed by atoms with van der Waals surface area (Å²) in [6.07, 6.45) is 36.0. The summed E-state index contributed by atoms with van der Waals surface area (Å²) < 4.78 is 34.8. The van der Waals surface area contributed by atoms with E-state index in [2.05, 4.69) is 96.7 Å². The van der Waals surface area contributed by atoms with Crippen LogP contribution < -0.4 is 0 Å². The molecular formula is C57H101NO9. The van der Waals surface area contributed by atoms with E-state index in [0.29, 0.717) is 50.9 Å². The van der Waals surface area contributed by atoms with E-state index in [4.69, 9.17) is 28.4 Å². The third kappa shape index (κ3) is 39.6. The molecule has 0 aromatic rings. The smallest absolute Gasteiger partial charge is 0.465 e. The molecule has 4 atom stereocenters. The zero-order valence-corrected chi connectivity index (χ0v) is 44.3. The summed E-state index contributed by atoms with van der Waals surface area (Å²) in [6, 6.07) is 0. The van der Waals surface area contributed by atoms with E-state index < -0.39 is 12.1 Å². The Morgan fingerprint density at radius 1 is 0.597 bits per heavy atom. The van der Waals surface area contributed by atoms with E-state index in [-0.39, 0.29) is 50.4 Å². The Kier molecular flexibility index (Phi) is 39.9. The maximum absolute atomic E-state index is 13.0. The van der Waals surface area contributed by atoms with Gasteiger partial charge in [-0.2, -0.15) is 0 Å². The molecule has 0 radical (unpaired) electrons. The van der Waals surface area contributed by atoms with Crippen LogP contribution in [0.3, 0.4) is 0 Å². The molecule has 1 fully saturated rings. The van der Waals surface area contributed by atoms with Crippen LogP contribution >= 0.6 is 0 Å². The first-order valence-electron chi connectivity index (χ1n) is 27.0. The van der Waals surface area contributed by atoms with Gasteiger partial charge in [-0.05, 0) is 162 Å². The van der Waals surface area contributed by atoms with Gasteiger partial charge in [0.15, 0.2) is 6.29 Å². The van der Waals surface area contributed by atoms with Gasteiger partial charge in [0.25, 0.3) is 0 Å². The van der Waals surface area contributed by atoms with Crippen molar-refractivity contribution in [3.8, 4) is 0 Å². The van der Waals surface area contributed by atoms with Gasteiger partial charge in [-0.3, -0.25) is 9.59 Å². The minimum Gasteiger partial charge on any atom is -0.465 e. The van der Waals surface area contributed by atoms with Gasteiger partial charge in [0.05, 0.1) is 12.5 Å². The van der Waals surface area contributed by atoms with Gasteiger partial charge >= 0.3 is 18.1 Å². The first-order valence-corrected chi connectivity index (χ1v) is 27.0. The predicted molar refractivity (Wildman–Crippen MR) is 276 cm³/mol. The average molecular weight is 944 g/mol. The average Bonchev–Trinajstić information content (AvgIpc) is 3.30. The highest BCUT2D eigenvalue weighted by Gasteiger charge is 2.22. The molecule has 10 heteroatoms. The second-order valence-corrected chi connectivity index (χ2v) is 19.9. The number of allylic oxidation sites excluding steroid dienone is 8. The number of piperidine rings is 1. The van der Waals surface area contributed by atoms with Gasteiger partial charge in [-0.15, -0.1) is 0 Å². The van der Waals surface area contributed by atoms with Crippen molar-refractivity contribution < 1.29 is 42.8 Å². The molecule has 4 unspecified atom stereocenters. The van der Waals surface area contributed by atoms with Crippen LogP contribution in [0.15, 0.2) is 47.6 Å². The highest BCUT2D eigenvalue weighted by atomic mass is 16.7. The summed E-state index contributed by atoms with van der Waals surface area (Å²) in [6.45, 7) is 21.9. The van der Waals surface area contributed by atoms with Gasteiger partial charge in [0.2, 0.25) is 0 Å². The van der Waals surface area contributed by atoms with Crippen molar-refractivity contribution in [2.24, 2.45) is 23.7 Å². The summed E-state index contributed by atoms with van der Waals surface area (Å²) in [4.78, 5) is 40.7. The lowest BCUT2D eigenvalue weighted by atomic mass is 9.99. The van der Waals surface area contributed by atoms with Crippen LogP contribution in [0.1, 0.15) is 209 Å². The molecule has 1 aliphatic heterocycles. The van der Waals surface area contributed by atoms with E-state index in [1.807, 2.05) is 0 Å². The Morgan fingerprint density at radius 3 is 1.70 bits per heavy atom. The van der Waals surface area contributed by atoms with Crippen molar-refractivity contribution >= 4 is 18.1 Å². The summed E-state index contributed by atoms with van der Waals surface area (Å²) in [5, 5.41) is 0. The maximum Gasteiger partial charge on any atom is 0.508 e. The highest BCUT2D eigenvalue weighted by Crippen LogP contribution is 2.19. The van der Waals surface area contributed by atoms with Gasteiger partial charge in [0, 0.05) is 38.5 Å². The summed E-state index contributed by atoms with van der Waals surface area (Å²) >= 11 is 0. The zero-order chi connectivity index (χ0) is 49.2. The lowest BCUT2D eigenvalue weighted by Gasteiger charge is -2.31. The molecule has 1 rings (SSSR count). The first-order chi connectivity index (χ1) is 32.4. The fraction of sp³-hybridized carbons (Fsp3) is 0.807. The quantitative estimate of drug-likeness (QED) is 0.0193. The van der Waals surface area contributed by atoms with Crippen LogP contribution in [-0.2, 0) is 38.0 Å². The fourth-order valence-electron chi connectivity index (χ4n) is 7.98. The number of hydrogen-bond acceptors (Lipinski definition) is 10. The van der Waals surface area contributed by atoms with Gasteiger partial charge in [-0.25, -0.2) is 4.79 Å². The molecule has 0 N–H and O–H groups in total. The van der Waals surface area contributed by atoms with Crippen LogP contribution in [0.2, 0.25) is 0 Å².